The largest absolute Gasteiger partial charge is 0.288 e. The third-order valence-electron chi connectivity index (χ3n) is 3.25. The topological polar surface area (TPSA) is 25.2 Å². The quantitative estimate of drug-likeness (QED) is 0.635. The molecule has 0 N–H and O–H groups in total. The molecule has 2 heterocycles. The van der Waals surface area contributed by atoms with Gasteiger partial charge in [-0.05, 0) is 17.9 Å². The van der Waals surface area contributed by atoms with Crippen LogP contribution in [0.25, 0.3) is 0 Å². The molecule has 66 valence electrons. The van der Waals surface area contributed by atoms with Crippen molar-refractivity contribution < 1.29 is 0 Å². The molecule has 1 aliphatic heterocycles. The molecule has 1 aromatic heterocycles. The average molecular weight is 172 g/mol. The first kappa shape index (κ1) is 7.25. The normalized spacial score (nSPS) is 35.5. The Morgan fingerprint density at radius 1 is 1.54 bits per heavy atom. The van der Waals surface area contributed by atoms with Crippen LogP contribution < -0.4 is 0 Å². The van der Waals surface area contributed by atoms with E-state index in [0.717, 1.165) is 12.5 Å². The van der Waals surface area contributed by atoms with E-state index in [1.807, 2.05) is 18.5 Å². The molecule has 1 saturated carbocycles. The summed E-state index contributed by atoms with van der Waals surface area (Å²) >= 11 is 0. The summed E-state index contributed by atoms with van der Waals surface area (Å²) in [5.74, 6) is 0.719. The van der Waals surface area contributed by atoms with Gasteiger partial charge in [0.1, 0.15) is 0 Å². The van der Waals surface area contributed by atoms with E-state index in [1.54, 1.807) is 0 Å². The highest BCUT2D eigenvalue weighted by atomic mass is 14.9. The number of hydrogen-bond donors (Lipinski definition) is 0. The molecule has 0 amide bonds. The third-order valence-corrected chi connectivity index (χ3v) is 3.25. The number of nitrogens with zero attached hydrogens (tertiary/aromatic N) is 2. The van der Waals surface area contributed by atoms with Gasteiger partial charge in [-0.1, -0.05) is 13.0 Å². The van der Waals surface area contributed by atoms with Crippen LogP contribution >= 0.6 is 0 Å². The van der Waals surface area contributed by atoms with Gasteiger partial charge in [0.15, 0.2) is 0 Å². The fraction of sp³-hybridized carbons (Fsp3) is 0.455. The van der Waals surface area contributed by atoms with Crippen molar-refractivity contribution in [2.45, 2.75) is 13.3 Å². The molecule has 13 heavy (non-hydrogen) atoms. The van der Waals surface area contributed by atoms with Gasteiger partial charge in [-0.2, -0.15) is 0 Å². The number of aromatic nitrogens is 1. The molecular weight excluding hydrogens is 160 g/mol. The van der Waals surface area contributed by atoms with Crippen molar-refractivity contribution in [2.24, 2.45) is 16.3 Å². The van der Waals surface area contributed by atoms with E-state index in [-0.39, 0.29) is 0 Å². The van der Waals surface area contributed by atoms with E-state index in [1.165, 1.54) is 17.7 Å². The molecule has 1 unspecified atom stereocenters. The van der Waals surface area contributed by atoms with Crippen molar-refractivity contribution in [3.63, 3.8) is 0 Å². The van der Waals surface area contributed by atoms with Crippen LogP contribution in [-0.2, 0) is 0 Å². The summed E-state index contributed by atoms with van der Waals surface area (Å²) in [6, 6.07) is 4.09. The summed E-state index contributed by atoms with van der Waals surface area (Å²) < 4.78 is 0. The van der Waals surface area contributed by atoms with Crippen molar-refractivity contribution >= 4 is 5.71 Å². The fourth-order valence-electron chi connectivity index (χ4n) is 2.19. The average Bonchev–Trinajstić information content (AvgIpc) is 2.71. The highest BCUT2D eigenvalue weighted by Crippen LogP contribution is 2.57. The zero-order valence-electron chi connectivity index (χ0n) is 7.70. The first-order chi connectivity index (χ1) is 6.30. The van der Waals surface area contributed by atoms with Crippen molar-refractivity contribution in [1.82, 2.24) is 4.98 Å². The first-order valence-electron chi connectivity index (χ1n) is 4.74. The molecular formula is C11H12N2. The lowest BCUT2D eigenvalue weighted by Crippen LogP contribution is -2.02. The molecule has 2 atom stereocenters. The molecule has 0 saturated heterocycles. The van der Waals surface area contributed by atoms with E-state index >= 15 is 0 Å². The Morgan fingerprint density at radius 2 is 2.46 bits per heavy atom. The summed E-state index contributed by atoms with van der Waals surface area (Å²) in [4.78, 5) is 8.71. The molecule has 1 fully saturated rings. The molecule has 0 radical (unpaired) electrons. The Kier molecular flexibility index (Phi) is 1.22. The van der Waals surface area contributed by atoms with Crippen LogP contribution in [-0.4, -0.2) is 17.2 Å². The zero-order chi connectivity index (χ0) is 8.89. The van der Waals surface area contributed by atoms with Crippen molar-refractivity contribution in [1.29, 1.82) is 0 Å². The van der Waals surface area contributed by atoms with Gasteiger partial charge < -0.3 is 0 Å². The van der Waals surface area contributed by atoms with Gasteiger partial charge >= 0.3 is 0 Å². The van der Waals surface area contributed by atoms with E-state index in [2.05, 4.69) is 23.0 Å². The van der Waals surface area contributed by atoms with E-state index in [4.69, 9.17) is 0 Å². The third kappa shape index (κ3) is 0.947. The highest BCUT2D eigenvalue weighted by Gasteiger charge is 2.56. The predicted molar refractivity (Wildman–Crippen MR) is 51.9 cm³/mol. The molecule has 1 aromatic rings. The van der Waals surface area contributed by atoms with Gasteiger partial charge in [0.2, 0.25) is 0 Å². The number of hydrogen-bond acceptors (Lipinski definition) is 2. The second-order valence-electron chi connectivity index (χ2n) is 4.35. The van der Waals surface area contributed by atoms with Gasteiger partial charge in [0, 0.05) is 36.1 Å². The Bertz CT molecular complexity index is 369. The number of pyridine rings is 1. The SMILES string of the molecule is CC12CN=C(c3cccnc3)[C@@H]1C2. The highest BCUT2D eigenvalue weighted by molar-refractivity contribution is 6.05. The van der Waals surface area contributed by atoms with E-state index in [0.29, 0.717) is 5.41 Å². The molecule has 2 nitrogen and oxygen atoms in total. The molecule has 3 rings (SSSR count). The minimum Gasteiger partial charge on any atom is -0.288 e. The van der Waals surface area contributed by atoms with Gasteiger partial charge in [0.05, 0.1) is 0 Å². The summed E-state index contributed by atoms with van der Waals surface area (Å²) in [7, 11) is 0. The molecule has 0 spiro atoms. The van der Waals surface area contributed by atoms with Crippen LogP contribution in [0.3, 0.4) is 0 Å². The summed E-state index contributed by atoms with van der Waals surface area (Å²) in [6.45, 7) is 3.34. The fourth-order valence-corrected chi connectivity index (χ4v) is 2.19. The van der Waals surface area contributed by atoms with E-state index in [9.17, 15) is 0 Å². The van der Waals surface area contributed by atoms with Gasteiger partial charge in [-0.25, -0.2) is 0 Å². The zero-order valence-corrected chi connectivity index (χ0v) is 7.70. The minimum atomic E-state index is 0.505. The first-order valence-corrected chi connectivity index (χ1v) is 4.74. The minimum absolute atomic E-state index is 0.505. The number of fused-ring (bicyclic) bond motifs is 1. The van der Waals surface area contributed by atoms with Crippen molar-refractivity contribution in [3.8, 4) is 0 Å². The smallest absolute Gasteiger partial charge is 0.0473 e. The van der Waals surface area contributed by atoms with Crippen molar-refractivity contribution in [3.05, 3.63) is 30.1 Å². The summed E-state index contributed by atoms with van der Waals surface area (Å²) in [5, 5.41) is 0. The van der Waals surface area contributed by atoms with Crippen LogP contribution in [0.5, 0.6) is 0 Å². The lowest BCUT2D eigenvalue weighted by molar-refractivity contribution is 0.592. The van der Waals surface area contributed by atoms with Crippen LogP contribution in [0, 0.1) is 11.3 Å². The Hall–Kier alpha value is -1.18. The predicted octanol–water partition coefficient (Wildman–Crippen LogP) is 1.91. The Labute approximate surface area is 77.7 Å². The van der Waals surface area contributed by atoms with Crippen LogP contribution in [0.2, 0.25) is 0 Å². The molecule has 0 bridgehead atoms. The maximum atomic E-state index is 4.59. The molecule has 2 heteroatoms. The lowest BCUT2D eigenvalue weighted by Gasteiger charge is -1.99. The Balaban J connectivity index is 1.97. The lowest BCUT2D eigenvalue weighted by atomic mass is 10.0. The van der Waals surface area contributed by atoms with Crippen molar-refractivity contribution in [2.75, 3.05) is 6.54 Å². The van der Waals surface area contributed by atoms with Crippen LogP contribution in [0.15, 0.2) is 29.5 Å². The monoisotopic (exact) mass is 172 g/mol. The summed E-state index contributed by atoms with van der Waals surface area (Å²) in [6.07, 6.45) is 5.05. The maximum absolute atomic E-state index is 4.59. The molecule has 1 aliphatic carbocycles. The van der Waals surface area contributed by atoms with Gasteiger partial charge in [-0.3, -0.25) is 9.98 Å². The molecule has 0 aromatic carbocycles. The van der Waals surface area contributed by atoms with Gasteiger partial charge in [0.25, 0.3) is 0 Å². The van der Waals surface area contributed by atoms with E-state index < -0.39 is 0 Å². The number of rotatable bonds is 1. The second-order valence-corrected chi connectivity index (χ2v) is 4.35. The standard InChI is InChI=1S/C11H12N2/c1-11-5-9(11)10(13-7-11)8-3-2-4-12-6-8/h2-4,6,9H,5,7H2,1H3/t9-,11?/m0/s1. The van der Waals surface area contributed by atoms with Crippen LogP contribution in [0.1, 0.15) is 18.9 Å². The Morgan fingerprint density at radius 3 is 3.00 bits per heavy atom. The van der Waals surface area contributed by atoms with Gasteiger partial charge in [-0.15, -0.1) is 0 Å². The number of aliphatic imine (C=N–C) groups is 1. The summed E-state index contributed by atoms with van der Waals surface area (Å²) in [5.41, 5.74) is 3.01. The van der Waals surface area contributed by atoms with Crippen LogP contribution in [0.4, 0.5) is 0 Å². The maximum Gasteiger partial charge on any atom is 0.0473 e. The second kappa shape index (κ2) is 2.19. The molecule has 2 aliphatic rings.